The van der Waals surface area contributed by atoms with Gasteiger partial charge in [-0.1, -0.05) is 42.5 Å². The van der Waals surface area contributed by atoms with Crippen LogP contribution in [0.4, 0.5) is 0 Å². The van der Waals surface area contributed by atoms with Gasteiger partial charge in [-0.3, -0.25) is 9.48 Å². The first-order valence-corrected chi connectivity index (χ1v) is 8.42. The van der Waals surface area contributed by atoms with Crippen molar-refractivity contribution in [2.45, 2.75) is 31.8 Å². The van der Waals surface area contributed by atoms with E-state index in [0.717, 1.165) is 19.4 Å². The Hall–Kier alpha value is -2.69. The molecule has 24 heavy (non-hydrogen) atoms. The third-order valence-electron chi connectivity index (χ3n) is 4.78. The average Bonchev–Trinajstić information content (AvgIpc) is 3.31. The molecule has 1 fully saturated rings. The SMILES string of the molecule is O=C(CCn1cncn1)N1CCC[C@H]1c1cccc2ccccc12. The number of benzene rings is 2. The molecule has 4 rings (SSSR count). The Bertz CT molecular complexity index is 838. The van der Waals surface area contributed by atoms with Crippen LogP contribution in [-0.2, 0) is 11.3 Å². The molecule has 0 aliphatic carbocycles. The maximum absolute atomic E-state index is 12.7. The van der Waals surface area contributed by atoms with Gasteiger partial charge in [0, 0.05) is 13.0 Å². The van der Waals surface area contributed by atoms with Crippen molar-refractivity contribution in [1.82, 2.24) is 19.7 Å². The summed E-state index contributed by atoms with van der Waals surface area (Å²) in [5.74, 6) is 0.195. The van der Waals surface area contributed by atoms with Crippen molar-refractivity contribution < 1.29 is 4.79 Å². The molecule has 0 saturated carbocycles. The highest BCUT2D eigenvalue weighted by Gasteiger charge is 2.30. The molecule has 1 aliphatic heterocycles. The molecule has 3 aromatic rings. The number of fused-ring (bicyclic) bond motifs is 1. The lowest BCUT2D eigenvalue weighted by atomic mass is 9.97. The van der Waals surface area contributed by atoms with Crippen molar-refractivity contribution >= 4 is 16.7 Å². The number of aryl methyl sites for hydroxylation is 1. The molecule has 5 nitrogen and oxygen atoms in total. The minimum atomic E-state index is 0.180. The van der Waals surface area contributed by atoms with Gasteiger partial charge in [0.1, 0.15) is 12.7 Å². The lowest BCUT2D eigenvalue weighted by Crippen LogP contribution is -2.31. The summed E-state index contributed by atoms with van der Waals surface area (Å²) in [5.41, 5.74) is 1.26. The van der Waals surface area contributed by atoms with E-state index in [1.165, 1.54) is 22.7 Å². The predicted molar refractivity (Wildman–Crippen MR) is 92.3 cm³/mol. The molecule has 0 radical (unpaired) electrons. The van der Waals surface area contributed by atoms with Gasteiger partial charge in [-0.15, -0.1) is 0 Å². The maximum Gasteiger partial charge on any atom is 0.224 e. The number of hydrogen-bond acceptors (Lipinski definition) is 3. The van der Waals surface area contributed by atoms with Crippen LogP contribution in [0.3, 0.4) is 0 Å². The number of rotatable bonds is 4. The predicted octanol–water partition coefficient (Wildman–Crippen LogP) is 3.19. The highest BCUT2D eigenvalue weighted by Crippen LogP contribution is 2.36. The number of amides is 1. The fraction of sp³-hybridized carbons (Fsp3) is 0.316. The number of likely N-dealkylation sites (tertiary alicyclic amines) is 1. The van der Waals surface area contributed by atoms with Crippen molar-refractivity contribution in [2.24, 2.45) is 0 Å². The van der Waals surface area contributed by atoms with Crippen LogP contribution < -0.4 is 0 Å². The standard InChI is InChI=1S/C19H20N4O/c24-19(10-12-22-14-20-13-21-22)23-11-4-9-18(23)17-8-3-6-15-5-1-2-7-16(15)17/h1-3,5-8,13-14,18H,4,9-12H2/t18-/m0/s1. The number of carbonyl (C=O) groups is 1. The Morgan fingerprint density at radius 3 is 2.92 bits per heavy atom. The minimum absolute atomic E-state index is 0.180. The zero-order valence-electron chi connectivity index (χ0n) is 13.5. The summed E-state index contributed by atoms with van der Waals surface area (Å²) < 4.78 is 1.71. The molecule has 5 heteroatoms. The first-order valence-electron chi connectivity index (χ1n) is 8.42. The van der Waals surface area contributed by atoms with Crippen LogP contribution in [0.5, 0.6) is 0 Å². The highest BCUT2D eigenvalue weighted by molar-refractivity contribution is 5.87. The van der Waals surface area contributed by atoms with Crippen molar-refractivity contribution in [3.8, 4) is 0 Å². The van der Waals surface area contributed by atoms with E-state index in [9.17, 15) is 4.79 Å². The number of nitrogens with zero attached hydrogens (tertiary/aromatic N) is 4. The zero-order chi connectivity index (χ0) is 16.4. The van der Waals surface area contributed by atoms with Crippen LogP contribution in [0.25, 0.3) is 10.8 Å². The summed E-state index contributed by atoms with van der Waals surface area (Å²) in [7, 11) is 0. The van der Waals surface area contributed by atoms with E-state index in [1.807, 2.05) is 4.90 Å². The van der Waals surface area contributed by atoms with Crippen LogP contribution in [0.2, 0.25) is 0 Å². The molecule has 122 valence electrons. The fourth-order valence-electron chi connectivity index (χ4n) is 3.63. The summed E-state index contributed by atoms with van der Waals surface area (Å²) in [6.07, 6.45) is 5.70. The van der Waals surface area contributed by atoms with E-state index >= 15 is 0 Å². The van der Waals surface area contributed by atoms with Gasteiger partial charge in [0.2, 0.25) is 5.91 Å². The third kappa shape index (κ3) is 2.77. The fourth-order valence-corrected chi connectivity index (χ4v) is 3.63. The van der Waals surface area contributed by atoms with Crippen molar-refractivity contribution in [3.63, 3.8) is 0 Å². The number of hydrogen-bond donors (Lipinski definition) is 0. The van der Waals surface area contributed by atoms with Gasteiger partial charge in [-0.2, -0.15) is 5.10 Å². The molecule has 1 saturated heterocycles. The lowest BCUT2D eigenvalue weighted by Gasteiger charge is -2.26. The van der Waals surface area contributed by atoms with Crippen molar-refractivity contribution in [3.05, 3.63) is 60.7 Å². The molecule has 1 atom stereocenters. The van der Waals surface area contributed by atoms with Gasteiger partial charge in [0.05, 0.1) is 12.6 Å². The summed E-state index contributed by atoms with van der Waals surface area (Å²) in [4.78, 5) is 18.7. The Morgan fingerprint density at radius 2 is 2.04 bits per heavy atom. The highest BCUT2D eigenvalue weighted by atomic mass is 16.2. The van der Waals surface area contributed by atoms with Gasteiger partial charge < -0.3 is 4.90 Å². The van der Waals surface area contributed by atoms with E-state index in [2.05, 4.69) is 52.5 Å². The van der Waals surface area contributed by atoms with Crippen LogP contribution in [0, 0.1) is 0 Å². The smallest absolute Gasteiger partial charge is 0.224 e. The molecule has 1 amide bonds. The minimum Gasteiger partial charge on any atom is -0.336 e. The van der Waals surface area contributed by atoms with E-state index < -0.39 is 0 Å². The van der Waals surface area contributed by atoms with Crippen molar-refractivity contribution in [1.29, 1.82) is 0 Å². The summed E-state index contributed by atoms with van der Waals surface area (Å²) in [6.45, 7) is 1.42. The third-order valence-corrected chi connectivity index (χ3v) is 4.78. The Labute approximate surface area is 140 Å². The average molecular weight is 320 g/mol. The molecular weight excluding hydrogens is 300 g/mol. The molecule has 0 N–H and O–H groups in total. The van der Waals surface area contributed by atoms with Gasteiger partial charge in [0.15, 0.2) is 0 Å². The molecule has 2 heterocycles. The molecule has 0 spiro atoms. The van der Waals surface area contributed by atoms with Crippen LogP contribution in [-0.4, -0.2) is 32.1 Å². The molecule has 1 aliphatic rings. The second-order valence-electron chi connectivity index (χ2n) is 6.22. The largest absolute Gasteiger partial charge is 0.336 e. The Balaban J connectivity index is 1.56. The van der Waals surface area contributed by atoms with E-state index in [0.29, 0.717) is 13.0 Å². The summed E-state index contributed by atoms with van der Waals surface area (Å²) in [6, 6.07) is 15.0. The Morgan fingerprint density at radius 1 is 1.17 bits per heavy atom. The van der Waals surface area contributed by atoms with E-state index in [1.54, 1.807) is 11.0 Å². The van der Waals surface area contributed by atoms with E-state index in [4.69, 9.17) is 0 Å². The molecule has 0 unspecified atom stereocenters. The molecule has 2 aromatic carbocycles. The molecule has 0 bridgehead atoms. The maximum atomic E-state index is 12.7. The summed E-state index contributed by atoms with van der Waals surface area (Å²) in [5, 5.41) is 6.55. The van der Waals surface area contributed by atoms with Crippen LogP contribution in [0.1, 0.15) is 30.9 Å². The van der Waals surface area contributed by atoms with Gasteiger partial charge >= 0.3 is 0 Å². The number of carbonyl (C=O) groups excluding carboxylic acids is 1. The number of aromatic nitrogens is 3. The quantitative estimate of drug-likeness (QED) is 0.742. The summed E-state index contributed by atoms with van der Waals surface area (Å²) >= 11 is 0. The molecule has 1 aromatic heterocycles. The normalized spacial score (nSPS) is 17.5. The van der Waals surface area contributed by atoms with Crippen LogP contribution >= 0.6 is 0 Å². The first-order chi connectivity index (χ1) is 11.8. The monoisotopic (exact) mass is 320 g/mol. The van der Waals surface area contributed by atoms with Crippen LogP contribution in [0.15, 0.2) is 55.1 Å². The van der Waals surface area contributed by atoms with Gasteiger partial charge in [0.25, 0.3) is 0 Å². The molecular formula is C19H20N4O. The Kier molecular flexibility index (Phi) is 3.99. The second-order valence-corrected chi connectivity index (χ2v) is 6.22. The van der Waals surface area contributed by atoms with Gasteiger partial charge in [-0.25, -0.2) is 4.98 Å². The van der Waals surface area contributed by atoms with Gasteiger partial charge in [-0.05, 0) is 29.2 Å². The second kappa shape index (κ2) is 6.43. The van der Waals surface area contributed by atoms with E-state index in [-0.39, 0.29) is 11.9 Å². The first kappa shape index (κ1) is 14.9. The lowest BCUT2D eigenvalue weighted by molar-refractivity contribution is -0.132. The topological polar surface area (TPSA) is 51.0 Å². The van der Waals surface area contributed by atoms with Crippen molar-refractivity contribution in [2.75, 3.05) is 6.54 Å². The zero-order valence-corrected chi connectivity index (χ0v) is 13.5.